The van der Waals surface area contributed by atoms with Crippen molar-refractivity contribution in [3.8, 4) is 5.75 Å². The Hall–Kier alpha value is -2.28. The normalized spacial score (nSPS) is 11.4. The molecule has 0 bridgehead atoms. The summed E-state index contributed by atoms with van der Waals surface area (Å²) in [7, 11) is 1.63. The zero-order valence-electron chi connectivity index (χ0n) is 14.9. The molecule has 1 aromatic heterocycles. The Morgan fingerprint density at radius 1 is 1.32 bits per heavy atom. The molecule has 0 unspecified atom stereocenters. The fourth-order valence-corrected chi connectivity index (χ4v) is 2.60. The summed E-state index contributed by atoms with van der Waals surface area (Å²) < 4.78 is 7.15. The molecule has 0 aliphatic rings. The maximum atomic E-state index is 6.28. The summed E-state index contributed by atoms with van der Waals surface area (Å²) in [6.45, 7) is 6.91. The Labute approximate surface area is 153 Å². The third-order valence-corrected chi connectivity index (χ3v) is 4.06. The molecule has 136 valence electrons. The molecule has 0 saturated carbocycles. The predicted molar refractivity (Wildman–Crippen MR) is 100 cm³/mol. The van der Waals surface area contributed by atoms with E-state index in [1.807, 2.05) is 29.7 Å². The van der Waals surface area contributed by atoms with Crippen LogP contribution in [0.25, 0.3) is 0 Å². The van der Waals surface area contributed by atoms with E-state index in [1.54, 1.807) is 13.4 Å². The van der Waals surface area contributed by atoms with E-state index < -0.39 is 0 Å². The maximum absolute atomic E-state index is 6.28. The number of ether oxygens (including phenoxy) is 1. The van der Waals surface area contributed by atoms with Gasteiger partial charge in [-0.15, -0.1) is 10.2 Å². The lowest BCUT2D eigenvalue weighted by molar-refractivity contribution is 0.414. The largest absolute Gasteiger partial charge is 0.497 e. The number of aryl methyl sites for hydroxylation is 1. The molecule has 25 heavy (non-hydrogen) atoms. The Bertz CT molecular complexity index is 700. The second-order valence-electron chi connectivity index (χ2n) is 5.36. The van der Waals surface area contributed by atoms with E-state index in [2.05, 4.69) is 32.7 Å². The van der Waals surface area contributed by atoms with Gasteiger partial charge in [-0.25, -0.2) is 4.99 Å². The van der Waals surface area contributed by atoms with Gasteiger partial charge in [0, 0.05) is 24.7 Å². The Morgan fingerprint density at radius 2 is 2.16 bits per heavy atom. The van der Waals surface area contributed by atoms with E-state index >= 15 is 0 Å². The van der Waals surface area contributed by atoms with Crippen molar-refractivity contribution in [1.29, 1.82) is 0 Å². The highest BCUT2D eigenvalue weighted by Gasteiger charge is 2.05. The molecule has 0 fully saturated rings. The SMILES string of the molecule is CCNC(=NCc1nncn1CC)NCCc1ccc(OC)cc1Cl. The van der Waals surface area contributed by atoms with Crippen molar-refractivity contribution in [3.05, 3.63) is 40.9 Å². The number of methoxy groups -OCH3 is 1. The van der Waals surface area contributed by atoms with Gasteiger partial charge >= 0.3 is 0 Å². The standard InChI is InChI=1S/C17H25ClN6O/c1-4-19-17(21-11-16-23-22-12-24(16)5-2)20-9-8-13-6-7-14(25-3)10-15(13)18/h6-7,10,12H,4-5,8-9,11H2,1-3H3,(H2,19,20,21). The number of hydrogen-bond acceptors (Lipinski definition) is 4. The van der Waals surface area contributed by atoms with Gasteiger partial charge in [-0.2, -0.15) is 0 Å². The number of nitrogens with zero attached hydrogens (tertiary/aromatic N) is 4. The molecule has 2 rings (SSSR count). The van der Waals surface area contributed by atoms with Crippen molar-refractivity contribution in [1.82, 2.24) is 25.4 Å². The van der Waals surface area contributed by atoms with Gasteiger partial charge in [0.05, 0.1) is 7.11 Å². The molecule has 0 saturated heterocycles. The summed E-state index contributed by atoms with van der Waals surface area (Å²) in [6, 6.07) is 5.72. The van der Waals surface area contributed by atoms with Crippen LogP contribution < -0.4 is 15.4 Å². The zero-order valence-corrected chi connectivity index (χ0v) is 15.7. The number of halogens is 1. The van der Waals surface area contributed by atoms with E-state index in [0.29, 0.717) is 11.6 Å². The number of aliphatic imine (C=N–C) groups is 1. The van der Waals surface area contributed by atoms with Crippen LogP contribution >= 0.6 is 11.6 Å². The first kappa shape index (κ1) is 19.1. The number of hydrogen-bond donors (Lipinski definition) is 2. The summed E-state index contributed by atoms with van der Waals surface area (Å²) >= 11 is 6.28. The fourth-order valence-electron chi connectivity index (χ4n) is 2.33. The highest BCUT2D eigenvalue weighted by Crippen LogP contribution is 2.22. The van der Waals surface area contributed by atoms with Crippen LogP contribution in [0.2, 0.25) is 5.02 Å². The van der Waals surface area contributed by atoms with Crippen LogP contribution in [0.3, 0.4) is 0 Å². The lowest BCUT2D eigenvalue weighted by Crippen LogP contribution is -2.38. The number of nitrogens with one attached hydrogen (secondary N) is 2. The molecule has 2 aromatic rings. The van der Waals surface area contributed by atoms with Gasteiger partial charge in [0.25, 0.3) is 0 Å². The van der Waals surface area contributed by atoms with Crippen molar-refractivity contribution in [2.45, 2.75) is 33.4 Å². The summed E-state index contributed by atoms with van der Waals surface area (Å²) in [6.07, 6.45) is 2.51. The van der Waals surface area contributed by atoms with Gasteiger partial charge < -0.3 is 19.9 Å². The minimum absolute atomic E-state index is 0.479. The van der Waals surface area contributed by atoms with E-state index in [-0.39, 0.29) is 0 Å². The Morgan fingerprint density at radius 3 is 2.84 bits per heavy atom. The number of rotatable bonds is 8. The Balaban J connectivity index is 1.92. The van der Waals surface area contributed by atoms with Crippen molar-refractivity contribution in [2.24, 2.45) is 4.99 Å². The van der Waals surface area contributed by atoms with Crippen LogP contribution in [0.15, 0.2) is 29.5 Å². The molecule has 1 aromatic carbocycles. The van der Waals surface area contributed by atoms with Gasteiger partial charge in [-0.3, -0.25) is 0 Å². The van der Waals surface area contributed by atoms with Gasteiger partial charge in [-0.1, -0.05) is 17.7 Å². The van der Waals surface area contributed by atoms with Crippen LogP contribution in [0.5, 0.6) is 5.75 Å². The molecule has 0 spiro atoms. The number of benzene rings is 1. The highest BCUT2D eigenvalue weighted by atomic mass is 35.5. The average Bonchev–Trinajstić information content (AvgIpc) is 3.08. The van der Waals surface area contributed by atoms with Crippen LogP contribution in [-0.4, -0.2) is 40.9 Å². The van der Waals surface area contributed by atoms with Crippen LogP contribution in [0.1, 0.15) is 25.2 Å². The van der Waals surface area contributed by atoms with Gasteiger partial charge in [-0.05, 0) is 38.0 Å². The Kier molecular flexibility index (Phi) is 7.53. The van der Waals surface area contributed by atoms with E-state index in [1.165, 1.54) is 0 Å². The third kappa shape index (κ3) is 5.63. The molecule has 0 aliphatic carbocycles. The van der Waals surface area contributed by atoms with Crippen molar-refractivity contribution in [2.75, 3.05) is 20.2 Å². The zero-order chi connectivity index (χ0) is 18.1. The summed E-state index contributed by atoms with van der Waals surface area (Å²) in [5.41, 5.74) is 1.07. The first-order chi connectivity index (χ1) is 12.2. The first-order valence-electron chi connectivity index (χ1n) is 8.39. The number of guanidine groups is 1. The highest BCUT2D eigenvalue weighted by molar-refractivity contribution is 6.31. The van der Waals surface area contributed by atoms with Crippen molar-refractivity contribution in [3.63, 3.8) is 0 Å². The minimum Gasteiger partial charge on any atom is -0.497 e. The molecule has 2 N–H and O–H groups in total. The molecule has 0 atom stereocenters. The van der Waals surface area contributed by atoms with Crippen LogP contribution in [-0.2, 0) is 19.5 Å². The topological polar surface area (TPSA) is 76.4 Å². The molecule has 0 aliphatic heterocycles. The number of aromatic nitrogens is 3. The average molecular weight is 365 g/mol. The minimum atomic E-state index is 0.479. The van der Waals surface area contributed by atoms with Gasteiger partial charge in [0.2, 0.25) is 0 Å². The van der Waals surface area contributed by atoms with E-state index in [4.69, 9.17) is 16.3 Å². The third-order valence-electron chi connectivity index (χ3n) is 3.71. The second kappa shape index (κ2) is 9.88. The summed E-state index contributed by atoms with van der Waals surface area (Å²) in [4.78, 5) is 4.56. The molecule has 0 amide bonds. The molecule has 8 heteroatoms. The van der Waals surface area contributed by atoms with Gasteiger partial charge in [0.15, 0.2) is 11.8 Å². The van der Waals surface area contributed by atoms with Crippen molar-refractivity contribution >= 4 is 17.6 Å². The molecule has 1 heterocycles. The lowest BCUT2D eigenvalue weighted by Gasteiger charge is -2.12. The molecular weight excluding hydrogens is 340 g/mol. The first-order valence-corrected chi connectivity index (χ1v) is 8.77. The quantitative estimate of drug-likeness (QED) is 0.555. The monoisotopic (exact) mass is 364 g/mol. The molecule has 0 radical (unpaired) electrons. The summed E-state index contributed by atoms with van der Waals surface area (Å²) in [5.74, 6) is 2.35. The summed E-state index contributed by atoms with van der Waals surface area (Å²) in [5, 5.41) is 15.3. The molecular formula is C17H25ClN6O. The molecule has 7 nitrogen and oxygen atoms in total. The fraction of sp³-hybridized carbons (Fsp3) is 0.471. The predicted octanol–water partition coefficient (Wildman–Crippen LogP) is 2.26. The van der Waals surface area contributed by atoms with Crippen LogP contribution in [0.4, 0.5) is 0 Å². The lowest BCUT2D eigenvalue weighted by atomic mass is 10.1. The second-order valence-corrected chi connectivity index (χ2v) is 5.77. The smallest absolute Gasteiger partial charge is 0.191 e. The van der Waals surface area contributed by atoms with Gasteiger partial charge in [0.1, 0.15) is 18.6 Å². The maximum Gasteiger partial charge on any atom is 0.191 e. The van der Waals surface area contributed by atoms with E-state index in [9.17, 15) is 0 Å². The van der Waals surface area contributed by atoms with Crippen LogP contribution in [0, 0.1) is 0 Å². The van der Waals surface area contributed by atoms with E-state index in [0.717, 1.165) is 49.2 Å². The van der Waals surface area contributed by atoms with Crippen molar-refractivity contribution < 1.29 is 4.74 Å².